The maximum absolute atomic E-state index is 11.3. The Morgan fingerprint density at radius 2 is 2.46 bits per heavy atom. The number of carbonyl (C=O) groups is 1. The van der Waals surface area contributed by atoms with Gasteiger partial charge in [0.2, 0.25) is 0 Å². The Morgan fingerprint density at radius 3 is 3.00 bits per heavy atom. The highest BCUT2D eigenvalue weighted by Gasteiger charge is 2.21. The number of amides is 1. The summed E-state index contributed by atoms with van der Waals surface area (Å²) in [6, 6.07) is 0.129. The minimum absolute atomic E-state index is 0.129. The van der Waals surface area contributed by atoms with E-state index < -0.39 is 0 Å². The topological polar surface area (TPSA) is 29.5 Å². The quantitative estimate of drug-likeness (QED) is 0.696. The lowest BCUT2D eigenvalue weighted by molar-refractivity contribution is 0.131. The molecule has 1 rings (SSSR count). The first-order valence-corrected chi connectivity index (χ1v) is 5.18. The molecule has 0 N–H and O–H groups in total. The number of rotatable bonds is 1. The monoisotopic (exact) mass is 293 g/mol. The van der Waals surface area contributed by atoms with Gasteiger partial charge in [-0.05, 0) is 41.2 Å². The van der Waals surface area contributed by atoms with Crippen LogP contribution in [0.3, 0.4) is 0 Å². The molecule has 1 heterocycles. The summed E-state index contributed by atoms with van der Waals surface area (Å²) in [5.74, 6) is 0. The zero-order chi connectivity index (χ0) is 9.84. The van der Waals surface area contributed by atoms with Crippen molar-refractivity contribution < 1.29 is 9.53 Å². The minimum atomic E-state index is -0.303. The minimum Gasteiger partial charge on any atom is -0.452 e. The van der Waals surface area contributed by atoms with Crippen LogP contribution >= 0.6 is 22.6 Å². The highest BCUT2D eigenvalue weighted by molar-refractivity contribution is 14.1. The molecule has 0 aliphatic carbocycles. The molecule has 0 aromatic rings. The summed E-state index contributed by atoms with van der Waals surface area (Å²) in [6.45, 7) is 2.04. The lowest BCUT2D eigenvalue weighted by Gasteiger charge is -2.26. The third kappa shape index (κ3) is 2.46. The molecule has 13 heavy (non-hydrogen) atoms. The second-order valence-electron chi connectivity index (χ2n) is 2.72. The normalized spacial score (nSPS) is 21.3. The third-order valence-electron chi connectivity index (χ3n) is 1.91. The van der Waals surface area contributed by atoms with Crippen molar-refractivity contribution in [1.82, 2.24) is 4.90 Å². The molecule has 0 aromatic heterocycles. The summed E-state index contributed by atoms with van der Waals surface area (Å²) < 4.78 is 5.82. The smallest absolute Gasteiger partial charge is 0.414 e. The highest BCUT2D eigenvalue weighted by atomic mass is 127. The van der Waals surface area contributed by atoms with Crippen molar-refractivity contribution in [3.05, 3.63) is 21.9 Å². The van der Waals surface area contributed by atoms with Gasteiger partial charge in [-0.15, -0.1) is 0 Å². The molecule has 0 fully saturated rings. The largest absolute Gasteiger partial charge is 0.452 e. The van der Waals surface area contributed by atoms with E-state index >= 15 is 0 Å². The Hall–Kier alpha value is -0.520. The van der Waals surface area contributed by atoms with E-state index in [2.05, 4.69) is 33.4 Å². The number of halogens is 1. The third-order valence-corrected chi connectivity index (χ3v) is 2.63. The Balaban J connectivity index is 2.77. The number of carbonyl (C=O) groups excluding carboxylic acids is 1. The van der Waals surface area contributed by atoms with E-state index in [9.17, 15) is 4.79 Å². The van der Waals surface area contributed by atoms with Crippen molar-refractivity contribution in [1.29, 1.82) is 0 Å². The first kappa shape index (κ1) is 10.6. The van der Waals surface area contributed by atoms with Gasteiger partial charge in [-0.3, -0.25) is 4.90 Å². The van der Waals surface area contributed by atoms with Crippen LogP contribution in [-0.4, -0.2) is 24.1 Å². The van der Waals surface area contributed by atoms with E-state index in [4.69, 9.17) is 0 Å². The molecule has 0 saturated heterocycles. The first-order valence-electron chi connectivity index (χ1n) is 4.10. The molecule has 1 aliphatic heterocycles. The van der Waals surface area contributed by atoms with Crippen LogP contribution in [0, 0.1) is 0 Å². The fraction of sp³-hybridized carbons (Fsp3) is 0.444. The first-order chi connectivity index (χ1) is 6.19. The maximum Gasteiger partial charge on any atom is 0.414 e. The van der Waals surface area contributed by atoms with E-state index in [1.54, 1.807) is 11.1 Å². The van der Waals surface area contributed by atoms with Crippen LogP contribution in [0.2, 0.25) is 0 Å². The fourth-order valence-corrected chi connectivity index (χ4v) is 1.77. The van der Waals surface area contributed by atoms with Crippen molar-refractivity contribution in [3.8, 4) is 0 Å². The zero-order valence-corrected chi connectivity index (χ0v) is 9.82. The molecular formula is C9H12INO2. The predicted molar refractivity (Wildman–Crippen MR) is 59.6 cm³/mol. The summed E-state index contributed by atoms with van der Waals surface area (Å²) >= 11 is 2.24. The van der Waals surface area contributed by atoms with Gasteiger partial charge in [-0.2, -0.15) is 0 Å². The number of hydrogen-bond acceptors (Lipinski definition) is 2. The molecule has 4 heteroatoms. The summed E-state index contributed by atoms with van der Waals surface area (Å²) in [5, 5.41) is 0. The molecule has 0 radical (unpaired) electrons. The van der Waals surface area contributed by atoms with Gasteiger partial charge < -0.3 is 4.74 Å². The van der Waals surface area contributed by atoms with Gasteiger partial charge in [-0.25, -0.2) is 4.79 Å². The van der Waals surface area contributed by atoms with Gasteiger partial charge in [0, 0.05) is 9.78 Å². The molecule has 0 bridgehead atoms. The van der Waals surface area contributed by atoms with Crippen molar-refractivity contribution in [2.24, 2.45) is 0 Å². The molecule has 0 spiro atoms. The molecule has 0 aromatic carbocycles. The van der Waals surface area contributed by atoms with Gasteiger partial charge in [0.15, 0.2) is 0 Å². The van der Waals surface area contributed by atoms with Crippen molar-refractivity contribution >= 4 is 28.7 Å². The number of hydrogen-bond donors (Lipinski definition) is 0. The number of allylic oxidation sites excluding steroid dienone is 2. The number of methoxy groups -OCH3 is 1. The standard InChI is InChI=1S/C9H12INO2/c1-3-8-6-7(10)4-5-11(8)9(12)13-2/h4-6,8H,3H2,1-2H3. The van der Waals surface area contributed by atoms with Gasteiger partial charge in [0.05, 0.1) is 13.2 Å². The molecule has 1 atom stereocenters. The molecule has 1 amide bonds. The zero-order valence-electron chi connectivity index (χ0n) is 7.66. The van der Waals surface area contributed by atoms with E-state index in [-0.39, 0.29) is 12.1 Å². The van der Waals surface area contributed by atoms with E-state index in [0.717, 1.165) is 10.0 Å². The number of nitrogens with zero attached hydrogens (tertiary/aromatic N) is 1. The lowest BCUT2D eigenvalue weighted by Crippen LogP contribution is -2.35. The Morgan fingerprint density at radius 1 is 1.77 bits per heavy atom. The Bertz CT molecular complexity index is 260. The van der Waals surface area contributed by atoms with Gasteiger partial charge in [0.25, 0.3) is 0 Å². The predicted octanol–water partition coefficient (Wildman–Crippen LogP) is 2.68. The average Bonchev–Trinajstić information content (AvgIpc) is 2.16. The van der Waals surface area contributed by atoms with Crippen LogP contribution in [0.15, 0.2) is 21.9 Å². The average molecular weight is 293 g/mol. The molecule has 3 nitrogen and oxygen atoms in total. The molecule has 1 aliphatic rings. The molecule has 0 saturated carbocycles. The van der Waals surface area contributed by atoms with Crippen molar-refractivity contribution in [2.45, 2.75) is 19.4 Å². The Labute approximate surface area is 91.6 Å². The van der Waals surface area contributed by atoms with Crippen molar-refractivity contribution in [2.75, 3.05) is 7.11 Å². The maximum atomic E-state index is 11.3. The summed E-state index contributed by atoms with van der Waals surface area (Å²) in [5.41, 5.74) is 0. The van der Waals surface area contributed by atoms with E-state index in [1.165, 1.54) is 7.11 Å². The highest BCUT2D eigenvalue weighted by Crippen LogP contribution is 2.20. The van der Waals surface area contributed by atoms with Gasteiger partial charge in [0.1, 0.15) is 0 Å². The second kappa shape index (κ2) is 4.64. The van der Waals surface area contributed by atoms with E-state index in [0.29, 0.717) is 0 Å². The van der Waals surface area contributed by atoms with Crippen LogP contribution in [-0.2, 0) is 4.74 Å². The lowest BCUT2D eigenvalue weighted by atomic mass is 10.1. The van der Waals surface area contributed by atoms with Gasteiger partial charge in [-0.1, -0.05) is 6.92 Å². The molecule has 72 valence electrons. The number of ether oxygens (including phenoxy) is 1. The second-order valence-corrected chi connectivity index (χ2v) is 3.97. The van der Waals surface area contributed by atoms with Crippen LogP contribution in [0.25, 0.3) is 0 Å². The molecular weight excluding hydrogens is 281 g/mol. The van der Waals surface area contributed by atoms with Crippen molar-refractivity contribution in [3.63, 3.8) is 0 Å². The summed E-state index contributed by atoms with van der Waals surface area (Å²) in [7, 11) is 1.40. The van der Waals surface area contributed by atoms with E-state index in [1.807, 2.05) is 13.0 Å². The molecule has 1 unspecified atom stereocenters. The summed E-state index contributed by atoms with van der Waals surface area (Å²) in [4.78, 5) is 12.9. The van der Waals surface area contributed by atoms with Crippen LogP contribution in [0.1, 0.15) is 13.3 Å². The van der Waals surface area contributed by atoms with Gasteiger partial charge >= 0.3 is 6.09 Å². The summed E-state index contributed by atoms with van der Waals surface area (Å²) in [6.07, 6.45) is 6.30. The van der Waals surface area contributed by atoms with Crippen LogP contribution in [0.5, 0.6) is 0 Å². The SMILES string of the molecule is CCC1C=C(I)C=CN1C(=O)OC. The van der Waals surface area contributed by atoms with Crippen LogP contribution in [0.4, 0.5) is 4.79 Å². The fourth-order valence-electron chi connectivity index (χ4n) is 1.20. The Kier molecular flexibility index (Phi) is 3.77. The van der Waals surface area contributed by atoms with Crippen LogP contribution < -0.4 is 0 Å².